The number of carbonyl (C=O) groups excluding carboxylic acids is 1. The van der Waals surface area contributed by atoms with Gasteiger partial charge < -0.3 is 20.9 Å². The minimum atomic E-state index is -0.548. The highest BCUT2D eigenvalue weighted by Crippen LogP contribution is 2.33. The third-order valence-electron chi connectivity index (χ3n) is 7.29. The Morgan fingerprint density at radius 1 is 1.18 bits per heavy atom. The highest BCUT2D eigenvalue weighted by atomic mass is 35.5. The van der Waals surface area contributed by atoms with Crippen LogP contribution in [0.15, 0.2) is 54.9 Å². The van der Waals surface area contributed by atoms with Gasteiger partial charge in [0.05, 0.1) is 28.6 Å². The number of H-pyrrole nitrogens is 1. The van der Waals surface area contributed by atoms with Crippen LogP contribution in [-0.4, -0.2) is 58.1 Å². The van der Waals surface area contributed by atoms with Crippen molar-refractivity contribution in [3.05, 3.63) is 71.3 Å². The van der Waals surface area contributed by atoms with E-state index >= 15 is 0 Å². The number of fused-ring (bicyclic) bond motifs is 1. The standard InChI is InChI=1S/C29H33ClFN7O/c1-17(38(2)3)34-20-11-12-22(25(31)14-20)28(39)35-18-7-6-8-19(13-18)36-29-33-16-24(30)27(37-29)23-15-32-26-10-5-4-9-21(23)26/h4-5,9-12,14-19,32,34H,6-8,13H2,1-3H3,(H,35,39)(H,33,36,37)/t17?,18-,19+/m0/s1. The van der Waals surface area contributed by atoms with Crippen LogP contribution in [0.25, 0.3) is 22.2 Å². The molecule has 4 aromatic rings. The fourth-order valence-corrected chi connectivity index (χ4v) is 5.14. The van der Waals surface area contributed by atoms with Gasteiger partial charge in [-0.25, -0.2) is 14.4 Å². The van der Waals surface area contributed by atoms with Crippen molar-refractivity contribution in [3.63, 3.8) is 0 Å². The number of para-hydroxylation sites is 1. The maximum absolute atomic E-state index is 14.8. The summed E-state index contributed by atoms with van der Waals surface area (Å²) in [4.78, 5) is 27.3. The highest BCUT2D eigenvalue weighted by molar-refractivity contribution is 6.33. The van der Waals surface area contributed by atoms with E-state index in [1.54, 1.807) is 12.3 Å². The summed E-state index contributed by atoms with van der Waals surface area (Å²) in [6.45, 7) is 1.98. The van der Waals surface area contributed by atoms with Crippen LogP contribution >= 0.6 is 11.6 Å². The first-order valence-electron chi connectivity index (χ1n) is 13.2. The van der Waals surface area contributed by atoms with Crippen molar-refractivity contribution in [1.82, 2.24) is 25.2 Å². The molecule has 0 aliphatic heterocycles. The Balaban J connectivity index is 1.23. The average Bonchev–Trinajstić information content (AvgIpc) is 3.34. The second-order valence-electron chi connectivity index (χ2n) is 10.3. The number of rotatable bonds is 8. The summed E-state index contributed by atoms with van der Waals surface area (Å²) in [6, 6.07) is 12.6. The molecule has 1 unspecified atom stereocenters. The second kappa shape index (κ2) is 11.6. The topological polar surface area (TPSA) is 98.0 Å². The summed E-state index contributed by atoms with van der Waals surface area (Å²) in [7, 11) is 3.87. The fraction of sp³-hybridized carbons (Fsp3) is 0.345. The van der Waals surface area contributed by atoms with Gasteiger partial charge in [0.2, 0.25) is 5.95 Å². The molecule has 0 saturated heterocycles. The molecule has 1 fully saturated rings. The van der Waals surface area contributed by atoms with Crippen LogP contribution in [0.2, 0.25) is 5.02 Å². The van der Waals surface area contributed by atoms with Crippen LogP contribution in [-0.2, 0) is 0 Å². The molecule has 204 valence electrons. The first kappa shape index (κ1) is 26.9. The number of carbonyl (C=O) groups is 1. The molecule has 0 spiro atoms. The van der Waals surface area contributed by atoms with Gasteiger partial charge in [-0.15, -0.1) is 0 Å². The average molecular weight is 550 g/mol. The van der Waals surface area contributed by atoms with Crippen molar-refractivity contribution in [1.29, 1.82) is 0 Å². The van der Waals surface area contributed by atoms with Gasteiger partial charge in [0.1, 0.15) is 5.82 Å². The molecular formula is C29H33ClFN7O. The van der Waals surface area contributed by atoms with Crippen molar-refractivity contribution in [2.24, 2.45) is 0 Å². The van der Waals surface area contributed by atoms with E-state index in [-0.39, 0.29) is 23.8 Å². The highest BCUT2D eigenvalue weighted by Gasteiger charge is 2.25. The largest absolute Gasteiger partial charge is 0.370 e. The lowest BCUT2D eigenvalue weighted by molar-refractivity contribution is 0.0922. The Morgan fingerprint density at radius 2 is 1.97 bits per heavy atom. The zero-order valence-electron chi connectivity index (χ0n) is 22.3. The first-order valence-corrected chi connectivity index (χ1v) is 13.5. The summed E-state index contributed by atoms with van der Waals surface area (Å²) < 4.78 is 14.8. The van der Waals surface area contributed by atoms with Crippen LogP contribution < -0.4 is 16.0 Å². The number of halogens is 2. The van der Waals surface area contributed by atoms with Gasteiger partial charge in [-0.2, -0.15) is 0 Å². The Labute approximate surface area is 232 Å². The third kappa shape index (κ3) is 6.15. The number of aromatic amines is 1. The minimum Gasteiger partial charge on any atom is -0.370 e. The molecule has 0 radical (unpaired) electrons. The van der Waals surface area contributed by atoms with E-state index < -0.39 is 11.7 Å². The number of nitrogens with one attached hydrogen (secondary N) is 4. The number of aromatic nitrogens is 3. The third-order valence-corrected chi connectivity index (χ3v) is 7.57. The SMILES string of the molecule is CC(Nc1ccc(C(=O)N[C@H]2CCC[C@@H](Nc3ncc(Cl)c(-c4c[nH]c5ccccc45)n3)C2)c(F)c1)N(C)C. The summed E-state index contributed by atoms with van der Waals surface area (Å²) in [5, 5.41) is 11.2. The molecule has 1 saturated carbocycles. The number of nitrogens with zero attached hydrogens (tertiary/aromatic N) is 3. The van der Waals surface area contributed by atoms with E-state index in [1.807, 2.05) is 56.4 Å². The molecule has 2 aromatic carbocycles. The number of anilines is 2. The summed E-state index contributed by atoms with van der Waals surface area (Å²) in [5.74, 6) is -0.471. The van der Waals surface area contributed by atoms with Crippen molar-refractivity contribution in [2.75, 3.05) is 24.7 Å². The zero-order chi connectivity index (χ0) is 27.5. The van der Waals surface area contributed by atoms with Crippen molar-refractivity contribution >= 4 is 40.0 Å². The van der Waals surface area contributed by atoms with E-state index in [9.17, 15) is 9.18 Å². The Kier molecular flexibility index (Phi) is 7.99. The molecule has 2 aromatic heterocycles. The second-order valence-corrected chi connectivity index (χ2v) is 10.7. The summed E-state index contributed by atoms with van der Waals surface area (Å²) in [5.41, 5.74) is 3.24. The molecule has 1 aliphatic carbocycles. The monoisotopic (exact) mass is 549 g/mol. The Morgan fingerprint density at radius 3 is 2.77 bits per heavy atom. The lowest BCUT2D eigenvalue weighted by Gasteiger charge is -2.30. The van der Waals surface area contributed by atoms with E-state index in [1.165, 1.54) is 12.1 Å². The molecule has 3 atom stereocenters. The summed E-state index contributed by atoms with van der Waals surface area (Å²) >= 11 is 6.48. The maximum Gasteiger partial charge on any atom is 0.254 e. The van der Waals surface area contributed by atoms with Crippen LogP contribution in [0, 0.1) is 5.82 Å². The maximum atomic E-state index is 14.8. The molecule has 1 aliphatic rings. The molecule has 8 nitrogen and oxygen atoms in total. The van der Waals surface area contributed by atoms with Crippen molar-refractivity contribution < 1.29 is 9.18 Å². The Hall–Kier alpha value is -3.69. The normalized spacial score (nSPS) is 18.2. The number of hydrogen-bond acceptors (Lipinski definition) is 6. The molecule has 0 bridgehead atoms. The lowest BCUT2D eigenvalue weighted by Crippen LogP contribution is -2.42. The van der Waals surface area contributed by atoms with Crippen molar-refractivity contribution in [3.8, 4) is 11.3 Å². The molecule has 1 amide bonds. The van der Waals surface area contributed by atoms with Gasteiger partial charge in [0.15, 0.2) is 0 Å². The molecule has 5 rings (SSSR count). The smallest absolute Gasteiger partial charge is 0.254 e. The molecule has 2 heterocycles. The lowest BCUT2D eigenvalue weighted by atomic mass is 9.91. The first-order chi connectivity index (χ1) is 18.8. The van der Waals surface area contributed by atoms with Crippen LogP contribution in [0.1, 0.15) is 43.0 Å². The van der Waals surface area contributed by atoms with Crippen LogP contribution in [0.4, 0.5) is 16.0 Å². The van der Waals surface area contributed by atoms with E-state index in [2.05, 4.69) is 25.9 Å². The molecular weight excluding hydrogens is 517 g/mol. The van der Waals surface area contributed by atoms with Crippen LogP contribution in [0.5, 0.6) is 0 Å². The predicted octanol–water partition coefficient (Wildman–Crippen LogP) is 5.89. The van der Waals surface area contributed by atoms with Gasteiger partial charge in [0.25, 0.3) is 5.91 Å². The fourth-order valence-electron chi connectivity index (χ4n) is 4.95. The minimum absolute atomic E-state index is 0.0267. The van der Waals surface area contributed by atoms with Gasteiger partial charge in [0, 0.05) is 40.4 Å². The quantitative estimate of drug-likeness (QED) is 0.205. The summed E-state index contributed by atoms with van der Waals surface area (Å²) in [6.07, 6.45) is 6.88. The number of hydrogen-bond donors (Lipinski definition) is 4. The van der Waals surface area contributed by atoms with Gasteiger partial charge in [-0.3, -0.25) is 9.69 Å². The Bertz CT molecular complexity index is 1470. The van der Waals surface area contributed by atoms with Gasteiger partial charge >= 0.3 is 0 Å². The van der Waals surface area contributed by atoms with Crippen LogP contribution in [0.3, 0.4) is 0 Å². The van der Waals surface area contributed by atoms with E-state index in [0.717, 1.165) is 35.7 Å². The number of amides is 1. The molecule has 4 N–H and O–H groups in total. The van der Waals surface area contributed by atoms with Crippen molar-refractivity contribution in [2.45, 2.75) is 50.9 Å². The molecule has 10 heteroatoms. The van der Waals surface area contributed by atoms with Gasteiger partial charge in [-0.05, 0) is 71.0 Å². The molecule has 39 heavy (non-hydrogen) atoms. The number of benzene rings is 2. The predicted molar refractivity (Wildman–Crippen MR) is 155 cm³/mol. The zero-order valence-corrected chi connectivity index (χ0v) is 23.0. The van der Waals surface area contributed by atoms with Gasteiger partial charge in [-0.1, -0.05) is 29.8 Å². The van der Waals surface area contributed by atoms with E-state index in [4.69, 9.17) is 16.6 Å². The van der Waals surface area contributed by atoms with E-state index in [0.29, 0.717) is 28.8 Å².